The summed E-state index contributed by atoms with van der Waals surface area (Å²) in [6.45, 7) is 31.9. The number of hydrogen-bond acceptors (Lipinski definition) is 2. The highest BCUT2D eigenvalue weighted by molar-refractivity contribution is 5.77. The van der Waals surface area contributed by atoms with Crippen molar-refractivity contribution in [3.8, 4) is 11.1 Å². The first kappa shape index (κ1) is 49.9. The van der Waals surface area contributed by atoms with Crippen molar-refractivity contribution in [3.05, 3.63) is 224 Å². The molecule has 0 aromatic heterocycles. The quantitative estimate of drug-likeness (QED) is 0.0877. The fourth-order valence-electron chi connectivity index (χ4n) is 6.02. The molecule has 1 atom stereocenters. The van der Waals surface area contributed by atoms with Crippen LogP contribution in [0.2, 0.25) is 0 Å². The number of allylic oxidation sites excluding steroid dienone is 16. The molecular formula is C56H70N2. The van der Waals surface area contributed by atoms with Crippen molar-refractivity contribution in [3.63, 3.8) is 0 Å². The zero-order valence-corrected chi connectivity index (χ0v) is 37.4. The molecule has 58 heavy (non-hydrogen) atoms. The van der Waals surface area contributed by atoms with E-state index in [2.05, 4.69) is 197 Å². The van der Waals surface area contributed by atoms with Crippen molar-refractivity contribution in [2.24, 2.45) is 5.92 Å². The lowest BCUT2D eigenvalue weighted by molar-refractivity contribution is 0.826. The van der Waals surface area contributed by atoms with E-state index in [-0.39, 0.29) is 5.92 Å². The summed E-state index contributed by atoms with van der Waals surface area (Å²) in [6, 6.07) is 36.8. The lowest BCUT2D eigenvalue weighted by atomic mass is 10.00. The lowest BCUT2D eigenvalue weighted by Crippen LogP contribution is -2.21. The summed E-state index contributed by atoms with van der Waals surface area (Å²) in [6.07, 6.45) is 26.5. The van der Waals surface area contributed by atoms with E-state index < -0.39 is 0 Å². The maximum atomic E-state index is 4.01. The summed E-state index contributed by atoms with van der Waals surface area (Å²) < 4.78 is 0. The number of rotatable bonds is 15. The van der Waals surface area contributed by atoms with E-state index in [0.29, 0.717) is 0 Å². The second-order valence-electron chi connectivity index (χ2n) is 12.7. The molecule has 4 rings (SSSR count). The van der Waals surface area contributed by atoms with Crippen molar-refractivity contribution in [2.75, 3.05) is 16.8 Å². The highest BCUT2D eigenvalue weighted by atomic mass is 15.2. The van der Waals surface area contributed by atoms with E-state index in [1.54, 1.807) is 6.08 Å². The summed E-state index contributed by atoms with van der Waals surface area (Å²) in [4.78, 5) is 4.60. The highest BCUT2D eigenvalue weighted by Gasteiger charge is 2.19. The third kappa shape index (κ3) is 15.4. The van der Waals surface area contributed by atoms with Gasteiger partial charge in [-0.25, -0.2) is 0 Å². The van der Waals surface area contributed by atoms with E-state index >= 15 is 0 Å². The monoisotopic (exact) mass is 771 g/mol. The highest BCUT2D eigenvalue weighted by Crippen LogP contribution is 2.37. The smallest absolute Gasteiger partial charge is 0.0460 e. The summed E-state index contributed by atoms with van der Waals surface area (Å²) in [7, 11) is 2.12. The predicted octanol–water partition coefficient (Wildman–Crippen LogP) is 17.4. The number of nitrogens with zero attached hydrogens (tertiary/aromatic N) is 2. The van der Waals surface area contributed by atoms with Crippen LogP contribution >= 0.6 is 0 Å². The van der Waals surface area contributed by atoms with Crippen LogP contribution in [0.15, 0.2) is 219 Å². The van der Waals surface area contributed by atoms with Gasteiger partial charge in [0.1, 0.15) is 0 Å². The molecule has 0 saturated carbocycles. The van der Waals surface area contributed by atoms with Gasteiger partial charge in [0, 0.05) is 41.4 Å². The molecule has 304 valence electrons. The molecule has 0 bridgehead atoms. The standard InChI is InChI=1S/C47H50N2.C5H8.2C2H6/c1-9-17-37(7)47(35-22-36(6)39(18-10-2)19-11-3)49(45-29-25-41(26-30-45)38(12-4)13-5)46-33-31-44(32-34-46)48(8)43-27-23-42(24-28-43)40-20-15-14-16-21-40;1-3-5-4-2;2*1-2/h9-35,37H,2,4H2,1,3,5-8H3;3-5H,1H2,2H3;2*1-2H3/b17-9-,19-11-,36-22+,38-13+,39-18+,47-35+;5-4-;;. The zero-order valence-electron chi connectivity index (χ0n) is 37.4. The normalized spacial score (nSPS) is 12.4. The van der Waals surface area contributed by atoms with Crippen molar-refractivity contribution >= 4 is 28.3 Å². The molecule has 0 N–H and O–H groups in total. The van der Waals surface area contributed by atoms with Gasteiger partial charge < -0.3 is 9.80 Å². The lowest BCUT2D eigenvalue weighted by Gasteiger charge is -2.31. The molecule has 0 amide bonds. The molecule has 0 fully saturated rings. The van der Waals surface area contributed by atoms with Crippen LogP contribution in [0.5, 0.6) is 0 Å². The van der Waals surface area contributed by atoms with Crippen LogP contribution in [0.3, 0.4) is 0 Å². The van der Waals surface area contributed by atoms with Crippen LogP contribution in [0.25, 0.3) is 16.7 Å². The minimum Gasteiger partial charge on any atom is -0.345 e. The Balaban J connectivity index is 0.00000171. The van der Waals surface area contributed by atoms with Gasteiger partial charge in [-0.2, -0.15) is 0 Å². The Kier molecular flexibility index (Phi) is 25.1. The third-order valence-corrected chi connectivity index (χ3v) is 8.98. The van der Waals surface area contributed by atoms with E-state index in [0.717, 1.165) is 50.7 Å². The van der Waals surface area contributed by atoms with Crippen molar-refractivity contribution in [1.82, 2.24) is 0 Å². The molecule has 0 heterocycles. The van der Waals surface area contributed by atoms with Crippen molar-refractivity contribution in [1.29, 1.82) is 0 Å². The summed E-state index contributed by atoms with van der Waals surface area (Å²) in [5.41, 5.74) is 12.6. The Morgan fingerprint density at radius 1 is 0.586 bits per heavy atom. The maximum absolute atomic E-state index is 4.01. The molecule has 4 aromatic rings. The van der Waals surface area contributed by atoms with Gasteiger partial charge in [-0.05, 0) is 123 Å². The van der Waals surface area contributed by atoms with Gasteiger partial charge in [-0.15, -0.1) is 0 Å². The van der Waals surface area contributed by atoms with E-state index in [9.17, 15) is 0 Å². The van der Waals surface area contributed by atoms with Gasteiger partial charge in [-0.1, -0.05) is 182 Å². The third-order valence-electron chi connectivity index (χ3n) is 8.98. The van der Waals surface area contributed by atoms with Crippen molar-refractivity contribution in [2.45, 2.75) is 69.2 Å². The molecule has 1 unspecified atom stereocenters. The van der Waals surface area contributed by atoms with Gasteiger partial charge in [0.15, 0.2) is 0 Å². The van der Waals surface area contributed by atoms with Crippen LogP contribution in [-0.4, -0.2) is 7.05 Å². The zero-order chi connectivity index (χ0) is 43.3. The molecule has 0 spiro atoms. The Hall–Kier alpha value is -6.12. The minimum atomic E-state index is 0.145. The predicted molar refractivity (Wildman–Crippen MR) is 265 cm³/mol. The SMILES string of the molecule is C=C/C=C(\C=C/C)C(/C)=C/C=C(\C(C)/C=C\C)N(c1ccc(/C(C=C)=C/C)cc1)c1ccc(N(C)c2ccc(-c3ccccc3)cc2)cc1.C=C/C=C\C.CC.CC. The Labute approximate surface area is 354 Å². The van der Waals surface area contributed by atoms with E-state index in [4.69, 9.17) is 0 Å². The van der Waals surface area contributed by atoms with E-state index in [1.807, 2.05) is 84.9 Å². The number of hydrogen-bond donors (Lipinski definition) is 0. The molecule has 4 aromatic carbocycles. The maximum Gasteiger partial charge on any atom is 0.0460 e. The van der Waals surface area contributed by atoms with Gasteiger partial charge in [0.05, 0.1) is 0 Å². The number of anilines is 4. The largest absolute Gasteiger partial charge is 0.345 e. The summed E-state index contributed by atoms with van der Waals surface area (Å²) in [5.74, 6) is 0.145. The molecule has 0 aliphatic heterocycles. The van der Waals surface area contributed by atoms with Gasteiger partial charge in [0.25, 0.3) is 0 Å². The fourth-order valence-corrected chi connectivity index (χ4v) is 6.02. The first-order valence-electron chi connectivity index (χ1n) is 20.7. The second-order valence-corrected chi connectivity index (χ2v) is 12.7. The Bertz CT molecular complexity index is 1990. The molecule has 0 saturated heterocycles. The van der Waals surface area contributed by atoms with Gasteiger partial charge in [0.2, 0.25) is 0 Å². The molecule has 2 heteroatoms. The minimum absolute atomic E-state index is 0.145. The first-order valence-corrected chi connectivity index (χ1v) is 20.7. The van der Waals surface area contributed by atoms with Crippen molar-refractivity contribution < 1.29 is 0 Å². The van der Waals surface area contributed by atoms with Crippen LogP contribution in [0, 0.1) is 5.92 Å². The van der Waals surface area contributed by atoms with Crippen LogP contribution in [0.4, 0.5) is 22.7 Å². The molecule has 0 radical (unpaired) electrons. The van der Waals surface area contributed by atoms with Crippen LogP contribution in [0.1, 0.15) is 74.8 Å². The molecule has 2 nitrogen and oxygen atoms in total. The fraction of sp³-hybridized carbons (Fsp3) is 0.214. The molecule has 0 aliphatic rings. The summed E-state index contributed by atoms with van der Waals surface area (Å²) >= 11 is 0. The van der Waals surface area contributed by atoms with Gasteiger partial charge >= 0.3 is 0 Å². The second kappa shape index (κ2) is 29.2. The Morgan fingerprint density at radius 3 is 1.55 bits per heavy atom. The van der Waals surface area contributed by atoms with Gasteiger partial charge in [-0.3, -0.25) is 0 Å². The van der Waals surface area contributed by atoms with Crippen LogP contribution < -0.4 is 9.80 Å². The molecule has 0 aliphatic carbocycles. The average Bonchev–Trinajstić information content (AvgIpc) is 3.28. The summed E-state index contributed by atoms with van der Waals surface area (Å²) in [5, 5.41) is 0. The average molecular weight is 771 g/mol. The Morgan fingerprint density at radius 2 is 1.10 bits per heavy atom. The molecular weight excluding hydrogens is 701 g/mol. The first-order chi connectivity index (χ1) is 28.3. The van der Waals surface area contributed by atoms with Crippen LogP contribution in [-0.2, 0) is 0 Å². The number of benzene rings is 4. The van der Waals surface area contributed by atoms with E-state index in [1.165, 1.54) is 11.1 Å². The topological polar surface area (TPSA) is 6.48 Å².